The molecule has 0 spiro atoms. The summed E-state index contributed by atoms with van der Waals surface area (Å²) in [6, 6.07) is 0. The van der Waals surface area contributed by atoms with Crippen LogP contribution in [0.1, 0.15) is 64.2 Å². The normalized spacial score (nSPS) is 11.2. The topological polar surface area (TPSA) is 91.8 Å². The summed E-state index contributed by atoms with van der Waals surface area (Å²) in [6.45, 7) is 0. The molecule has 0 saturated heterocycles. The number of H-pyrrole nitrogens is 1. The Morgan fingerprint density at radius 1 is 0.960 bits per heavy atom. The SMILES string of the molecule is O=C(O)CCCCCCCCCCCSSc1ncnc2nc[nH]c12. The van der Waals surface area contributed by atoms with Crippen molar-refractivity contribution in [2.75, 3.05) is 5.75 Å². The second-order valence-corrected chi connectivity index (χ2v) is 8.42. The van der Waals surface area contributed by atoms with Gasteiger partial charge in [-0.05, 0) is 23.6 Å². The predicted octanol–water partition coefficient (Wildman–Crippen LogP) is 5.08. The van der Waals surface area contributed by atoms with Crippen LogP contribution in [0.2, 0.25) is 0 Å². The van der Waals surface area contributed by atoms with E-state index in [0.717, 1.165) is 34.8 Å². The Labute approximate surface area is 156 Å². The van der Waals surface area contributed by atoms with Crippen LogP contribution in [0.3, 0.4) is 0 Å². The molecule has 2 heterocycles. The maximum atomic E-state index is 10.4. The number of aliphatic carboxylic acids is 1. The number of hydrogen-bond donors (Lipinski definition) is 2. The van der Waals surface area contributed by atoms with Crippen molar-refractivity contribution in [3.63, 3.8) is 0 Å². The van der Waals surface area contributed by atoms with Gasteiger partial charge in [-0.1, -0.05) is 55.7 Å². The van der Waals surface area contributed by atoms with Crippen LogP contribution < -0.4 is 0 Å². The van der Waals surface area contributed by atoms with Gasteiger partial charge in [0.15, 0.2) is 5.65 Å². The molecule has 0 saturated carbocycles. The van der Waals surface area contributed by atoms with Crippen molar-refractivity contribution < 1.29 is 9.90 Å². The minimum atomic E-state index is -0.676. The number of hydrogen-bond acceptors (Lipinski definition) is 6. The van der Waals surface area contributed by atoms with Gasteiger partial charge >= 0.3 is 5.97 Å². The summed E-state index contributed by atoms with van der Waals surface area (Å²) in [5.41, 5.74) is 1.64. The molecule has 2 rings (SSSR count). The Morgan fingerprint density at radius 2 is 1.64 bits per heavy atom. The van der Waals surface area contributed by atoms with E-state index in [1.165, 1.54) is 44.9 Å². The molecule has 2 N–H and O–H groups in total. The van der Waals surface area contributed by atoms with Crippen molar-refractivity contribution in [1.82, 2.24) is 19.9 Å². The zero-order valence-corrected chi connectivity index (χ0v) is 16.1. The minimum Gasteiger partial charge on any atom is -0.481 e. The Bertz CT molecular complexity index is 636. The molecule has 25 heavy (non-hydrogen) atoms. The van der Waals surface area contributed by atoms with E-state index >= 15 is 0 Å². The standard InChI is InChI=1S/C17H26N4O2S2/c22-14(23)10-8-6-4-2-1-3-5-7-9-11-24-25-17-15-16(19-12-18-15)20-13-21-17/h12-13H,1-11H2,(H,22,23)(H,18,19,20,21). The highest BCUT2D eigenvalue weighted by molar-refractivity contribution is 8.76. The smallest absolute Gasteiger partial charge is 0.303 e. The van der Waals surface area contributed by atoms with Gasteiger partial charge < -0.3 is 10.1 Å². The van der Waals surface area contributed by atoms with Crippen LogP contribution in [-0.2, 0) is 4.79 Å². The molecule has 6 nitrogen and oxygen atoms in total. The van der Waals surface area contributed by atoms with Crippen molar-refractivity contribution in [1.29, 1.82) is 0 Å². The molecule has 0 fully saturated rings. The van der Waals surface area contributed by atoms with Gasteiger partial charge in [-0.25, -0.2) is 15.0 Å². The molecule has 0 aliphatic heterocycles. The molecule has 2 aromatic rings. The lowest BCUT2D eigenvalue weighted by Gasteiger charge is -2.03. The molecule has 138 valence electrons. The number of nitrogens with one attached hydrogen (secondary N) is 1. The molecule has 2 aromatic heterocycles. The lowest BCUT2D eigenvalue weighted by atomic mass is 10.1. The van der Waals surface area contributed by atoms with Crippen molar-refractivity contribution in [3.8, 4) is 0 Å². The number of rotatable bonds is 14. The van der Waals surface area contributed by atoms with Gasteiger partial charge in [0.2, 0.25) is 0 Å². The lowest BCUT2D eigenvalue weighted by Crippen LogP contribution is -1.93. The number of imidazole rings is 1. The Morgan fingerprint density at radius 3 is 2.36 bits per heavy atom. The molecule has 0 radical (unpaired) electrons. The van der Waals surface area contributed by atoms with Gasteiger partial charge in [0.05, 0.1) is 6.33 Å². The number of aromatic nitrogens is 4. The molecule has 8 heteroatoms. The van der Waals surface area contributed by atoms with Gasteiger partial charge in [0, 0.05) is 12.2 Å². The van der Waals surface area contributed by atoms with E-state index in [-0.39, 0.29) is 0 Å². The highest BCUT2D eigenvalue weighted by Crippen LogP contribution is 2.33. The highest BCUT2D eigenvalue weighted by atomic mass is 33.1. The van der Waals surface area contributed by atoms with Crippen molar-refractivity contribution in [2.24, 2.45) is 0 Å². The molecular formula is C17H26N4O2S2. The third kappa shape index (κ3) is 8.09. The van der Waals surface area contributed by atoms with Crippen molar-refractivity contribution >= 4 is 38.7 Å². The summed E-state index contributed by atoms with van der Waals surface area (Å²) in [7, 11) is 3.52. The van der Waals surface area contributed by atoms with E-state index < -0.39 is 5.97 Å². The first-order valence-corrected chi connectivity index (χ1v) is 11.2. The van der Waals surface area contributed by atoms with Crippen LogP contribution in [0.5, 0.6) is 0 Å². The zero-order chi connectivity index (χ0) is 17.7. The molecule has 0 aromatic carbocycles. The maximum absolute atomic E-state index is 10.4. The van der Waals surface area contributed by atoms with E-state index in [0.29, 0.717) is 6.42 Å². The zero-order valence-electron chi connectivity index (χ0n) is 14.4. The number of aromatic amines is 1. The molecule has 0 unspecified atom stereocenters. The average Bonchev–Trinajstić information content (AvgIpc) is 3.08. The van der Waals surface area contributed by atoms with E-state index in [4.69, 9.17) is 5.11 Å². The lowest BCUT2D eigenvalue weighted by molar-refractivity contribution is -0.137. The van der Waals surface area contributed by atoms with Gasteiger partial charge in [0.1, 0.15) is 16.9 Å². The molecular weight excluding hydrogens is 356 g/mol. The third-order valence-electron chi connectivity index (χ3n) is 3.94. The number of fused-ring (bicyclic) bond motifs is 1. The predicted molar refractivity (Wildman–Crippen MR) is 104 cm³/mol. The molecule has 0 bridgehead atoms. The van der Waals surface area contributed by atoms with Crippen molar-refractivity contribution in [2.45, 2.75) is 69.2 Å². The highest BCUT2D eigenvalue weighted by Gasteiger charge is 2.06. The van der Waals surface area contributed by atoms with E-state index in [1.54, 1.807) is 23.4 Å². The van der Waals surface area contributed by atoms with E-state index in [1.807, 2.05) is 10.8 Å². The first kappa shape index (κ1) is 20.0. The van der Waals surface area contributed by atoms with E-state index in [2.05, 4.69) is 19.9 Å². The molecule has 0 atom stereocenters. The van der Waals surface area contributed by atoms with Crippen LogP contribution in [-0.4, -0.2) is 36.8 Å². The Kier molecular flexibility index (Phi) is 9.73. The Balaban J connectivity index is 1.40. The first-order chi connectivity index (χ1) is 12.3. The summed E-state index contributed by atoms with van der Waals surface area (Å²) < 4.78 is 0. The molecule has 0 amide bonds. The summed E-state index contributed by atoms with van der Waals surface area (Å²) in [4.78, 5) is 26.0. The second-order valence-electron chi connectivity index (χ2n) is 6.01. The van der Waals surface area contributed by atoms with Crippen LogP contribution in [0.4, 0.5) is 0 Å². The largest absolute Gasteiger partial charge is 0.481 e. The number of unbranched alkanes of at least 4 members (excludes halogenated alkanes) is 8. The summed E-state index contributed by atoms with van der Waals surface area (Å²) in [6.07, 6.45) is 14.2. The van der Waals surface area contributed by atoms with Crippen molar-refractivity contribution in [3.05, 3.63) is 12.7 Å². The fraction of sp³-hybridized carbons (Fsp3) is 0.647. The van der Waals surface area contributed by atoms with Gasteiger partial charge in [-0.15, -0.1) is 0 Å². The fourth-order valence-electron chi connectivity index (χ4n) is 2.58. The van der Waals surface area contributed by atoms with Crippen LogP contribution in [0, 0.1) is 0 Å². The summed E-state index contributed by atoms with van der Waals surface area (Å²) in [5.74, 6) is 0.448. The third-order valence-corrected chi connectivity index (χ3v) is 6.31. The Hall–Kier alpha value is -1.28. The average molecular weight is 383 g/mol. The number of carbonyl (C=O) groups is 1. The van der Waals surface area contributed by atoms with Gasteiger partial charge in [0.25, 0.3) is 0 Å². The quantitative estimate of drug-likeness (QED) is 0.267. The maximum Gasteiger partial charge on any atom is 0.303 e. The number of carboxylic acids is 1. The first-order valence-electron chi connectivity index (χ1n) is 8.92. The number of carboxylic acid groups (broad SMARTS) is 1. The second kappa shape index (κ2) is 12.1. The number of nitrogens with zero attached hydrogens (tertiary/aromatic N) is 3. The minimum absolute atomic E-state index is 0.316. The molecule has 0 aliphatic rings. The van der Waals surface area contributed by atoms with Crippen LogP contribution >= 0.6 is 21.6 Å². The monoisotopic (exact) mass is 382 g/mol. The van der Waals surface area contributed by atoms with Gasteiger partial charge in [-0.2, -0.15) is 0 Å². The summed E-state index contributed by atoms with van der Waals surface area (Å²) in [5, 5.41) is 9.52. The summed E-state index contributed by atoms with van der Waals surface area (Å²) >= 11 is 0. The van der Waals surface area contributed by atoms with Gasteiger partial charge in [-0.3, -0.25) is 4.79 Å². The molecule has 0 aliphatic carbocycles. The van der Waals surface area contributed by atoms with E-state index in [9.17, 15) is 4.79 Å². The van der Waals surface area contributed by atoms with Crippen LogP contribution in [0.25, 0.3) is 11.2 Å². The fourth-order valence-corrected chi connectivity index (χ4v) is 4.74. The van der Waals surface area contributed by atoms with Crippen LogP contribution in [0.15, 0.2) is 17.7 Å².